The van der Waals surface area contributed by atoms with E-state index in [0.29, 0.717) is 6.42 Å². The van der Waals surface area contributed by atoms with Gasteiger partial charge in [0.05, 0.1) is 0 Å². The summed E-state index contributed by atoms with van der Waals surface area (Å²) < 4.78 is 0. The zero-order valence-corrected chi connectivity index (χ0v) is 5.19. The predicted molar refractivity (Wildman–Crippen MR) is 24.0 cm³/mol. The Morgan fingerprint density at radius 1 is 1.71 bits per heavy atom. The van der Waals surface area contributed by atoms with Crippen molar-refractivity contribution in [3.8, 4) is 0 Å². The molecule has 0 aromatic heterocycles. The van der Waals surface area contributed by atoms with Gasteiger partial charge in [0.15, 0.2) is 0 Å². The summed E-state index contributed by atoms with van der Waals surface area (Å²) in [7, 11) is 0. The Bertz CT molecular complexity index is 59.1. The Balaban J connectivity index is 0. The maximum atomic E-state index is 10.1. The molecule has 7 heavy (non-hydrogen) atoms. The van der Waals surface area contributed by atoms with Crippen LogP contribution in [0, 0.1) is 0 Å². The van der Waals surface area contributed by atoms with Crippen molar-refractivity contribution in [3.05, 3.63) is 11.8 Å². The topological polar surface area (TPSA) is 23.1 Å². The minimum absolute atomic E-state index is 0. The second-order valence-electron chi connectivity index (χ2n) is 1.11. The summed E-state index contributed by atoms with van der Waals surface area (Å²) in [5.41, 5.74) is 0. The van der Waals surface area contributed by atoms with Crippen LogP contribution < -0.4 is 24.0 Å². The summed E-state index contributed by atoms with van der Waals surface area (Å²) in [6.07, 6.45) is 2.22. The first-order chi connectivity index (χ1) is 2.81. The maximum Gasteiger partial charge on any atom is 1.00 e. The van der Waals surface area contributed by atoms with E-state index < -0.39 is 0 Å². The van der Waals surface area contributed by atoms with Gasteiger partial charge in [-0.05, 0) is 13.3 Å². The van der Waals surface area contributed by atoms with Crippen LogP contribution in [0.4, 0.5) is 0 Å². The van der Waals surface area contributed by atoms with Crippen molar-refractivity contribution in [2.75, 3.05) is 0 Å². The van der Waals surface area contributed by atoms with Crippen molar-refractivity contribution in [1.82, 2.24) is 0 Å². The molecule has 0 unspecified atom stereocenters. The molecular formula is C5H9LiO. The second kappa shape index (κ2) is 6.14. The third-order valence-corrected chi connectivity index (χ3v) is 0.670. The molecule has 0 fully saturated rings. The molecule has 0 aliphatic rings. The van der Waals surface area contributed by atoms with E-state index in [9.17, 15) is 5.11 Å². The summed E-state index contributed by atoms with van der Waals surface area (Å²) in [6, 6.07) is 0. The van der Waals surface area contributed by atoms with E-state index in [1.165, 1.54) is 0 Å². The van der Waals surface area contributed by atoms with Gasteiger partial charge in [0, 0.05) is 0 Å². The van der Waals surface area contributed by atoms with Crippen LogP contribution in [0.15, 0.2) is 11.8 Å². The second-order valence-corrected chi connectivity index (χ2v) is 1.11. The fourth-order valence-electron chi connectivity index (χ4n) is 0.204. The van der Waals surface area contributed by atoms with E-state index in [1.54, 1.807) is 13.0 Å². The number of hydrogen-bond acceptors (Lipinski definition) is 1. The molecule has 0 radical (unpaired) electrons. The van der Waals surface area contributed by atoms with Crippen molar-refractivity contribution < 1.29 is 24.0 Å². The van der Waals surface area contributed by atoms with Crippen LogP contribution in [-0.2, 0) is 0 Å². The Morgan fingerprint density at radius 3 is 2.14 bits per heavy atom. The molecule has 0 rings (SSSR count). The van der Waals surface area contributed by atoms with Crippen molar-refractivity contribution in [3.63, 3.8) is 0 Å². The van der Waals surface area contributed by atoms with Gasteiger partial charge in [0.25, 0.3) is 0 Å². The third kappa shape index (κ3) is 6.14. The molecular weight excluding hydrogens is 83.0 g/mol. The standard InChI is InChI=1S/C5H10O.Li/c1-3-5(6)4-2;/h3,6H,4H2,1-2H3;/q;+1/p-1/b5-3-;. The number of rotatable bonds is 1. The molecule has 36 valence electrons. The van der Waals surface area contributed by atoms with E-state index in [4.69, 9.17) is 0 Å². The first-order valence-corrected chi connectivity index (χ1v) is 2.13. The molecule has 0 atom stereocenters. The molecule has 0 saturated heterocycles. The summed E-state index contributed by atoms with van der Waals surface area (Å²) in [5.74, 6) is 0.218. The van der Waals surface area contributed by atoms with Crippen molar-refractivity contribution >= 4 is 0 Å². The minimum Gasteiger partial charge on any atom is -0.876 e. The first-order valence-electron chi connectivity index (χ1n) is 2.13. The fourth-order valence-corrected chi connectivity index (χ4v) is 0.204. The van der Waals surface area contributed by atoms with Crippen LogP contribution in [0.25, 0.3) is 0 Å². The van der Waals surface area contributed by atoms with Crippen LogP contribution in [0.1, 0.15) is 20.3 Å². The molecule has 0 aromatic rings. The van der Waals surface area contributed by atoms with Gasteiger partial charge < -0.3 is 5.11 Å². The Morgan fingerprint density at radius 2 is 2.14 bits per heavy atom. The average Bonchev–Trinajstić information content (AvgIpc) is 1.65. The van der Waals surface area contributed by atoms with Crippen LogP contribution in [0.2, 0.25) is 0 Å². The van der Waals surface area contributed by atoms with E-state index in [-0.39, 0.29) is 24.6 Å². The van der Waals surface area contributed by atoms with Gasteiger partial charge in [-0.3, -0.25) is 0 Å². The molecule has 1 nitrogen and oxygen atoms in total. The van der Waals surface area contributed by atoms with E-state index >= 15 is 0 Å². The van der Waals surface area contributed by atoms with Gasteiger partial charge in [-0.15, -0.1) is 5.76 Å². The van der Waals surface area contributed by atoms with Crippen molar-refractivity contribution in [2.24, 2.45) is 0 Å². The molecule has 2 heteroatoms. The predicted octanol–water partition coefficient (Wildman–Crippen LogP) is -2.34. The fraction of sp³-hybridized carbons (Fsp3) is 0.600. The Labute approximate surface area is 56.6 Å². The summed E-state index contributed by atoms with van der Waals surface area (Å²) in [5, 5.41) is 10.1. The van der Waals surface area contributed by atoms with Gasteiger partial charge in [0.1, 0.15) is 0 Å². The van der Waals surface area contributed by atoms with E-state index in [2.05, 4.69) is 0 Å². The normalized spacial score (nSPS) is 10.3. The molecule has 0 amide bonds. The van der Waals surface area contributed by atoms with E-state index in [1.807, 2.05) is 6.92 Å². The van der Waals surface area contributed by atoms with Gasteiger partial charge in [0.2, 0.25) is 0 Å². The van der Waals surface area contributed by atoms with Crippen molar-refractivity contribution in [1.29, 1.82) is 0 Å². The summed E-state index contributed by atoms with van der Waals surface area (Å²) in [6.45, 7) is 3.61. The number of hydrogen-bond donors (Lipinski definition) is 0. The Kier molecular flexibility index (Phi) is 8.93. The van der Waals surface area contributed by atoms with Crippen LogP contribution >= 0.6 is 0 Å². The SMILES string of the molecule is C/C=C(\[O-])CC.[Li+]. The third-order valence-electron chi connectivity index (χ3n) is 0.670. The molecule has 0 aliphatic carbocycles. The Hall–Kier alpha value is 0.137. The molecule has 0 aliphatic heterocycles. The zero-order valence-electron chi connectivity index (χ0n) is 5.19. The quantitative estimate of drug-likeness (QED) is 0.263. The van der Waals surface area contributed by atoms with Crippen LogP contribution in [0.5, 0.6) is 0 Å². The van der Waals surface area contributed by atoms with Crippen molar-refractivity contribution in [2.45, 2.75) is 20.3 Å². The van der Waals surface area contributed by atoms with Gasteiger partial charge >= 0.3 is 18.9 Å². The number of allylic oxidation sites excluding steroid dienone is 2. The molecule has 0 bridgehead atoms. The summed E-state index contributed by atoms with van der Waals surface area (Å²) in [4.78, 5) is 0. The van der Waals surface area contributed by atoms with Gasteiger partial charge in [-0.2, -0.15) is 0 Å². The van der Waals surface area contributed by atoms with Gasteiger partial charge in [-0.25, -0.2) is 0 Å². The largest absolute Gasteiger partial charge is 1.00 e. The molecule has 0 saturated carbocycles. The summed E-state index contributed by atoms with van der Waals surface area (Å²) >= 11 is 0. The van der Waals surface area contributed by atoms with Crippen LogP contribution in [-0.4, -0.2) is 0 Å². The monoisotopic (exact) mass is 92.1 g/mol. The zero-order chi connectivity index (χ0) is 4.99. The average molecular weight is 92.1 g/mol. The molecule has 0 aromatic carbocycles. The maximum absolute atomic E-state index is 10.1. The molecule has 0 heterocycles. The first kappa shape index (κ1) is 10.2. The smallest absolute Gasteiger partial charge is 0.876 e. The van der Waals surface area contributed by atoms with Crippen LogP contribution in [0.3, 0.4) is 0 Å². The van der Waals surface area contributed by atoms with E-state index in [0.717, 1.165) is 0 Å². The molecule has 0 spiro atoms. The minimum atomic E-state index is 0. The van der Waals surface area contributed by atoms with Gasteiger partial charge in [-0.1, -0.05) is 13.0 Å². The molecule has 0 N–H and O–H groups in total.